The number of fused-ring (bicyclic) bond motifs is 1. The molecule has 3 rings (SSSR count). The Bertz CT molecular complexity index is 802. The van der Waals surface area contributed by atoms with Gasteiger partial charge in [0, 0.05) is 56.8 Å². The molecule has 0 aliphatic rings. The molecule has 7 heteroatoms. The SMILES string of the molecule is Cn1cc(-c2cn(COCC[Si](C)(C)C)c3ncncc23)cn1. The number of hydrogen-bond acceptors (Lipinski definition) is 4. The smallest absolute Gasteiger partial charge is 0.145 e. The van der Waals surface area contributed by atoms with E-state index in [1.54, 1.807) is 11.0 Å². The van der Waals surface area contributed by atoms with Crippen LogP contribution in [0.5, 0.6) is 0 Å². The van der Waals surface area contributed by atoms with Crippen LogP contribution in [-0.4, -0.2) is 39.0 Å². The van der Waals surface area contributed by atoms with Crippen molar-refractivity contribution in [1.29, 1.82) is 0 Å². The summed E-state index contributed by atoms with van der Waals surface area (Å²) in [6, 6.07) is 1.16. The lowest BCUT2D eigenvalue weighted by Crippen LogP contribution is -2.22. The van der Waals surface area contributed by atoms with Gasteiger partial charge in [-0.25, -0.2) is 9.97 Å². The summed E-state index contributed by atoms with van der Waals surface area (Å²) >= 11 is 0. The fraction of sp³-hybridized carbons (Fsp3) is 0.438. The van der Waals surface area contributed by atoms with E-state index in [0.717, 1.165) is 34.8 Å². The summed E-state index contributed by atoms with van der Waals surface area (Å²) in [7, 11) is 0.851. The van der Waals surface area contributed by atoms with Gasteiger partial charge < -0.3 is 9.30 Å². The van der Waals surface area contributed by atoms with Crippen LogP contribution in [0.15, 0.2) is 31.1 Å². The topological polar surface area (TPSA) is 57.8 Å². The molecule has 3 aromatic rings. The fourth-order valence-corrected chi connectivity index (χ4v) is 3.22. The van der Waals surface area contributed by atoms with E-state index in [4.69, 9.17) is 4.74 Å². The molecule has 0 N–H and O–H groups in total. The molecule has 0 fully saturated rings. The van der Waals surface area contributed by atoms with Crippen molar-refractivity contribution in [3.05, 3.63) is 31.1 Å². The van der Waals surface area contributed by atoms with Crippen molar-refractivity contribution in [2.45, 2.75) is 32.4 Å². The Kier molecular flexibility index (Phi) is 4.32. The zero-order valence-corrected chi connectivity index (χ0v) is 15.2. The number of nitrogens with zero attached hydrogens (tertiary/aromatic N) is 5. The summed E-state index contributed by atoms with van der Waals surface area (Å²) in [6.45, 7) is 8.38. The van der Waals surface area contributed by atoms with Crippen LogP contribution in [0.1, 0.15) is 0 Å². The van der Waals surface area contributed by atoms with E-state index in [2.05, 4.69) is 40.9 Å². The van der Waals surface area contributed by atoms with E-state index in [-0.39, 0.29) is 0 Å². The molecule has 3 aromatic heterocycles. The first-order valence-corrected chi connectivity index (χ1v) is 11.5. The van der Waals surface area contributed by atoms with Gasteiger partial charge in [-0.05, 0) is 6.04 Å². The number of aromatic nitrogens is 5. The van der Waals surface area contributed by atoms with Crippen LogP contribution in [0.4, 0.5) is 0 Å². The predicted molar refractivity (Wildman–Crippen MR) is 93.8 cm³/mol. The van der Waals surface area contributed by atoms with Crippen LogP contribution < -0.4 is 0 Å². The number of aryl methyl sites for hydroxylation is 1. The van der Waals surface area contributed by atoms with E-state index in [1.807, 2.05) is 30.2 Å². The van der Waals surface area contributed by atoms with Crippen LogP contribution in [0.3, 0.4) is 0 Å². The lowest BCUT2D eigenvalue weighted by Gasteiger charge is -2.15. The van der Waals surface area contributed by atoms with E-state index >= 15 is 0 Å². The zero-order valence-electron chi connectivity index (χ0n) is 14.2. The Balaban J connectivity index is 1.84. The molecule has 0 unspecified atom stereocenters. The molecule has 0 spiro atoms. The van der Waals surface area contributed by atoms with Gasteiger partial charge in [0.1, 0.15) is 18.7 Å². The number of rotatable bonds is 6. The standard InChI is InChI=1S/C16H23N5OSi/c1-20-9-13(7-19-20)15-10-21(12-22-5-6-23(2,3)4)16-14(15)8-17-11-18-16/h7-11H,5-6,12H2,1-4H3. The normalized spacial score (nSPS) is 12.2. The maximum Gasteiger partial charge on any atom is 0.145 e. The third-order valence-electron chi connectivity index (χ3n) is 3.78. The number of hydrogen-bond donors (Lipinski definition) is 0. The highest BCUT2D eigenvalue weighted by Crippen LogP contribution is 2.28. The Hall–Kier alpha value is -1.99. The summed E-state index contributed by atoms with van der Waals surface area (Å²) in [6.07, 6.45) is 9.36. The molecule has 0 aliphatic carbocycles. The molecule has 122 valence electrons. The molecule has 0 aromatic carbocycles. The predicted octanol–water partition coefficient (Wildman–Crippen LogP) is 3.14. The summed E-state index contributed by atoms with van der Waals surface area (Å²) in [5.41, 5.74) is 3.04. The highest BCUT2D eigenvalue weighted by atomic mass is 28.3. The highest BCUT2D eigenvalue weighted by molar-refractivity contribution is 6.76. The molecule has 3 heterocycles. The Labute approximate surface area is 137 Å². The van der Waals surface area contributed by atoms with Crippen molar-refractivity contribution < 1.29 is 4.74 Å². The second-order valence-corrected chi connectivity index (χ2v) is 12.6. The van der Waals surface area contributed by atoms with Crippen molar-refractivity contribution in [2.24, 2.45) is 7.05 Å². The molecule has 0 saturated carbocycles. The quantitative estimate of drug-likeness (QED) is 0.515. The third kappa shape index (κ3) is 3.68. The monoisotopic (exact) mass is 329 g/mol. The summed E-state index contributed by atoms with van der Waals surface area (Å²) in [5, 5.41) is 5.27. The van der Waals surface area contributed by atoms with E-state index in [1.165, 1.54) is 0 Å². The van der Waals surface area contributed by atoms with Gasteiger partial charge in [0.2, 0.25) is 0 Å². The van der Waals surface area contributed by atoms with Gasteiger partial charge in [0.15, 0.2) is 0 Å². The summed E-state index contributed by atoms with van der Waals surface area (Å²) in [4.78, 5) is 8.58. The Morgan fingerprint density at radius 1 is 1.17 bits per heavy atom. The minimum atomic E-state index is -1.06. The molecule has 0 radical (unpaired) electrons. The molecular formula is C16H23N5OSi. The van der Waals surface area contributed by atoms with Crippen LogP contribution in [-0.2, 0) is 18.5 Å². The first-order valence-electron chi connectivity index (χ1n) is 7.80. The van der Waals surface area contributed by atoms with Gasteiger partial charge >= 0.3 is 0 Å². The molecular weight excluding hydrogens is 306 g/mol. The van der Waals surface area contributed by atoms with Crippen molar-refractivity contribution in [2.75, 3.05) is 6.61 Å². The largest absolute Gasteiger partial charge is 0.361 e. The Morgan fingerprint density at radius 3 is 2.70 bits per heavy atom. The fourth-order valence-electron chi connectivity index (χ4n) is 2.46. The van der Waals surface area contributed by atoms with Gasteiger partial charge in [-0.15, -0.1) is 0 Å². The van der Waals surface area contributed by atoms with Crippen molar-refractivity contribution >= 4 is 19.1 Å². The molecule has 0 atom stereocenters. The second kappa shape index (κ2) is 6.25. The third-order valence-corrected chi connectivity index (χ3v) is 5.49. The second-order valence-electron chi connectivity index (χ2n) is 7.02. The zero-order chi connectivity index (χ0) is 16.4. The van der Waals surface area contributed by atoms with Crippen molar-refractivity contribution in [3.8, 4) is 11.1 Å². The molecule has 6 nitrogen and oxygen atoms in total. The first kappa shape index (κ1) is 15.9. The van der Waals surface area contributed by atoms with E-state index < -0.39 is 8.07 Å². The van der Waals surface area contributed by atoms with E-state index in [9.17, 15) is 0 Å². The van der Waals surface area contributed by atoms with Crippen LogP contribution >= 0.6 is 0 Å². The molecule has 0 aliphatic heterocycles. The maximum atomic E-state index is 5.87. The van der Waals surface area contributed by atoms with Gasteiger partial charge in [0.25, 0.3) is 0 Å². The minimum Gasteiger partial charge on any atom is -0.361 e. The van der Waals surface area contributed by atoms with Crippen LogP contribution in [0.25, 0.3) is 22.2 Å². The van der Waals surface area contributed by atoms with Gasteiger partial charge in [0.05, 0.1) is 6.20 Å². The van der Waals surface area contributed by atoms with Crippen LogP contribution in [0.2, 0.25) is 25.7 Å². The minimum absolute atomic E-state index is 0.512. The molecule has 0 bridgehead atoms. The lowest BCUT2D eigenvalue weighted by atomic mass is 10.1. The van der Waals surface area contributed by atoms with Gasteiger partial charge in [-0.1, -0.05) is 19.6 Å². The Morgan fingerprint density at radius 2 is 2.00 bits per heavy atom. The van der Waals surface area contributed by atoms with Gasteiger partial charge in [-0.2, -0.15) is 5.10 Å². The van der Waals surface area contributed by atoms with E-state index in [0.29, 0.717) is 6.73 Å². The first-order chi connectivity index (χ1) is 10.9. The highest BCUT2D eigenvalue weighted by Gasteiger charge is 2.14. The molecule has 23 heavy (non-hydrogen) atoms. The lowest BCUT2D eigenvalue weighted by molar-refractivity contribution is 0.0899. The number of ether oxygens (including phenoxy) is 1. The van der Waals surface area contributed by atoms with Crippen molar-refractivity contribution in [1.82, 2.24) is 24.3 Å². The van der Waals surface area contributed by atoms with Gasteiger partial charge in [-0.3, -0.25) is 4.68 Å². The molecule has 0 amide bonds. The van der Waals surface area contributed by atoms with Crippen molar-refractivity contribution in [3.63, 3.8) is 0 Å². The molecule has 0 saturated heterocycles. The summed E-state index contributed by atoms with van der Waals surface area (Å²) < 4.78 is 9.72. The average molecular weight is 329 g/mol. The summed E-state index contributed by atoms with van der Waals surface area (Å²) in [5.74, 6) is 0. The average Bonchev–Trinajstić information content (AvgIpc) is 3.07. The maximum absolute atomic E-state index is 5.87. The van der Waals surface area contributed by atoms with Crippen LogP contribution in [0, 0.1) is 0 Å².